The zero-order valence-electron chi connectivity index (χ0n) is 11.5. The third-order valence-corrected chi connectivity index (χ3v) is 2.58. The van der Waals surface area contributed by atoms with Gasteiger partial charge in [-0.15, -0.1) is 0 Å². The van der Waals surface area contributed by atoms with Gasteiger partial charge in [-0.2, -0.15) is 0 Å². The Balaban J connectivity index is 2.00. The second-order valence-corrected chi connectivity index (χ2v) is 4.14. The average molecular weight is 285 g/mol. The lowest BCUT2D eigenvalue weighted by atomic mass is 10.2. The Labute approximate surface area is 122 Å². The van der Waals surface area contributed by atoms with Crippen LogP contribution in [0, 0.1) is 0 Å². The summed E-state index contributed by atoms with van der Waals surface area (Å²) in [5, 5.41) is 2.67. The van der Waals surface area contributed by atoms with Crippen LogP contribution in [-0.4, -0.2) is 18.5 Å². The highest BCUT2D eigenvalue weighted by Gasteiger charge is 2.07. The van der Waals surface area contributed by atoms with E-state index in [2.05, 4.69) is 5.32 Å². The summed E-state index contributed by atoms with van der Waals surface area (Å²) in [6.07, 6.45) is 4.45. The monoisotopic (exact) mass is 285 g/mol. The predicted octanol–water partition coefficient (Wildman–Crippen LogP) is 3.11. The second-order valence-electron chi connectivity index (χ2n) is 4.14. The van der Waals surface area contributed by atoms with Crippen LogP contribution < -0.4 is 5.32 Å². The molecular weight excluding hydrogens is 270 g/mol. The van der Waals surface area contributed by atoms with E-state index in [-0.39, 0.29) is 5.91 Å². The van der Waals surface area contributed by atoms with Gasteiger partial charge in [0.1, 0.15) is 5.76 Å². The largest absolute Gasteiger partial charge is 0.465 e. The number of benzene rings is 1. The fourth-order valence-corrected chi connectivity index (χ4v) is 1.67. The van der Waals surface area contributed by atoms with E-state index in [9.17, 15) is 9.59 Å². The number of hydrogen-bond acceptors (Lipinski definition) is 4. The maximum Gasteiger partial charge on any atom is 0.338 e. The maximum absolute atomic E-state index is 11.8. The first-order chi connectivity index (χ1) is 10.2. The minimum absolute atomic E-state index is 0.307. The first kappa shape index (κ1) is 14.6. The molecule has 1 heterocycles. The van der Waals surface area contributed by atoms with Gasteiger partial charge in [-0.25, -0.2) is 4.79 Å². The summed E-state index contributed by atoms with van der Waals surface area (Å²) in [6.45, 7) is 2.05. The van der Waals surface area contributed by atoms with Crippen LogP contribution in [0.25, 0.3) is 6.08 Å². The van der Waals surface area contributed by atoms with Crippen molar-refractivity contribution in [2.45, 2.75) is 6.92 Å². The number of carbonyl (C=O) groups is 2. The van der Waals surface area contributed by atoms with Crippen LogP contribution in [0.15, 0.2) is 53.2 Å². The van der Waals surface area contributed by atoms with E-state index >= 15 is 0 Å². The van der Waals surface area contributed by atoms with Crippen molar-refractivity contribution in [3.63, 3.8) is 0 Å². The van der Waals surface area contributed by atoms with Crippen molar-refractivity contribution in [3.8, 4) is 0 Å². The number of nitrogens with one attached hydrogen (secondary N) is 1. The molecule has 0 unspecified atom stereocenters. The molecule has 1 amide bonds. The molecule has 2 aromatic rings. The van der Waals surface area contributed by atoms with Gasteiger partial charge in [0.25, 0.3) is 0 Å². The lowest BCUT2D eigenvalue weighted by Gasteiger charge is -2.05. The van der Waals surface area contributed by atoms with Crippen LogP contribution in [-0.2, 0) is 9.53 Å². The molecule has 5 nitrogen and oxygen atoms in total. The molecular formula is C16H15NO4. The van der Waals surface area contributed by atoms with E-state index in [4.69, 9.17) is 9.15 Å². The predicted molar refractivity (Wildman–Crippen MR) is 78.8 cm³/mol. The van der Waals surface area contributed by atoms with Gasteiger partial charge in [0.05, 0.1) is 18.4 Å². The summed E-state index contributed by atoms with van der Waals surface area (Å²) in [5.74, 6) is -0.141. The van der Waals surface area contributed by atoms with Gasteiger partial charge in [-0.1, -0.05) is 6.07 Å². The number of rotatable bonds is 5. The van der Waals surface area contributed by atoms with Gasteiger partial charge >= 0.3 is 5.97 Å². The van der Waals surface area contributed by atoms with Crippen LogP contribution in [0.3, 0.4) is 0 Å². The van der Waals surface area contributed by atoms with Crippen molar-refractivity contribution in [3.05, 3.63) is 60.1 Å². The van der Waals surface area contributed by atoms with Crippen molar-refractivity contribution < 1.29 is 18.7 Å². The quantitative estimate of drug-likeness (QED) is 0.677. The Morgan fingerprint density at radius 2 is 2.14 bits per heavy atom. The SMILES string of the molecule is CCOC(=O)c1cccc(NC(=O)/C=C/c2ccco2)c1. The third-order valence-electron chi connectivity index (χ3n) is 2.58. The van der Waals surface area contributed by atoms with Crippen LogP contribution in [0.4, 0.5) is 5.69 Å². The highest BCUT2D eigenvalue weighted by molar-refractivity contribution is 6.02. The lowest BCUT2D eigenvalue weighted by Crippen LogP contribution is -2.09. The van der Waals surface area contributed by atoms with Gasteiger partial charge in [-0.3, -0.25) is 4.79 Å². The van der Waals surface area contributed by atoms with Crippen molar-refractivity contribution in [2.24, 2.45) is 0 Å². The van der Waals surface area contributed by atoms with Crippen molar-refractivity contribution in [2.75, 3.05) is 11.9 Å². The van der Waals surface area contributed by atoms with Gasteiger partial charge in [0, 0.05) is 11.8 Å². The molecule has 0 saturated heterocycles. The number of ether oxygens (including phenoxy) is 1. The first-order valence-corrected chi connectivity index (χ1v) is 6.49. The summed E-state index contributed by atoms with van der Waals surface area (Å²) in [6, 6.07) is 10.0. The van der Waals surface area contributed by atoms with E-state index in [1.807, 2.05) is 0 Å². The van der Waals surface area contributed by atoms with Crippen molar-refractivity contribution in [1.82, 2.24) is 0 Å². The molecule has 21 heavy (non-hydrogen) atoms. The summed E-state index contributed by atoms with van der Waals surface area (Å²) in [5.41, 5.74) is 0.916. The molecule has 0 saturated carbocycles. The van der Waals surface area contributed by atoms with Gasteiger partial charge in [0.15, 0.2) is 0 Å². The van der Waals surface area contributed by atoms with Crippen LogP contribution >= 0.6 is 0 Å². The highest BCUT2D eigenvalue weighted by Crippen LogP contribution is 2.12. The number of furan rings is 1. The molecule has 5 heteroatoms. The molecule has 0 aliphatic carbocycles. The molecule has 0 aliphatic rings. The van der Waals surface area contributed by atoms with E-state index < -0.39 is 5.97 Å². The smallest absolute Gasteiger partial charge is 0.338 e. The van der Waals surface area contributed by atoms with Crippen molar-refractivity contribution >= 4 is 23.6 Å². The molecule has 0 radical (unpaired) electrons. The normalized spacial score (nSPS) is 10.5. The summed E-state index contributed by atoms with van der Waals surface area (Å²) < 4.78 is 9.99. The molecule has 2 rings (SSSR count). The first-order valence-electron chi connectivity index (χ1n) is 6.49. The number of amides is 1. The molecule has 0 spiro atoms. The zero-order chi connectivity index (χ0) is 15.1. The number of anilines is 1. The zero-order valence-corrected chi connectivity index (χ0v) is 11.5. The fraction of sp³-hybridized carbons (Fsp3) is 0.125. The highest BCUT2D eigenvalue weighted by atomic mass is 16.5. The minimum atomic E-state index is -0.417. The van der Waals surface area contributed by atoms with Crippen molar-refractivity contribution in [1.29, 1.82) is 0 Å². The Bertz CT molecular complexity index is 644. The Hall–Kier alpha value is -2.82. The lowest BCUT2D eigenvalue weighted by molar-refractivity contribution is -0.111. The van der Waals surface area contributed by atoms with Gasteiger partial charge in [-0.05, 0) is 43.3 Å². The van der Waals surface area contributed by atoms with Gasteiger partial charge < -0.3 is 14.5 Å². The van der Waals surface area contributed by atoms with Crippen LogP contribution in [0.2, 0.25) is 0 Å². The summed E-state index contributed by atoms with van der Waals surface area (Å²) in [4.78, 5) is 23.4. The molecule has 0 bridgehead atoms. The molecule has 0 fully saturated rings. The number of esters is 1. The van der Waals surface area contributed by atoms with E-state index in [0.29, 0.717) is 23.6 Å². The van der Waals surface area contributed by atoms with Gasteiger partial charge in [0.2, 0.25) is 5.91 Å². The summed E-state index contributed by atoms with van der Waals surface area (Å²) in [7, 11) is 0. The Kier molecular flexibility index (Phi) is 4.93. The summed E-state index contributed by atoms with van der Waals surface area (Å²) >= 11 is 0. The molecule has 0 atom stereocenters. The molecule has 1 N–H and O–H groups in total. The average Bonchev–Trinajstić information content (AvgIpc) is 2.99. The third kappa shape index (κ3) is 4.35. The molecule has 0 aliphatic heterocycles. The standard InChI is InChI=1S/C16H15NO4/c1-2-20-16(19)12-5-3-6-13(11-12)17-15(18)9-8-14-7-4-10-21-14/h3-11H,2H2,1H3,(H,17,18)/b9-8+. The molecule has 1 aromatic heterocycles. The second kappa shape index (κ2) is 7.09. The number of hydrogen-bond donors (Lipinski definition) is 1. The molecule has 1 aromatic carbocycles. The van der Waals surface area contributed by atoms with Crippen LogP contribution in [0.5, 0.6) is 0 Å². The Morgan fingerprint density at radius 1 is 1.29 bits per heavy atom. The van der Waals surface area contributed by atoms with E-state index in [0.717, 1.165) is 0 Å². The Morgan fingerprint density at radius 3 is 2.86 bits per heavy atom. The van der Waals surface area contributed by atoms with E-state index in [1.54, 1.807) is 49.4 Å². The maximum atomic E-state index is 11.8. The molecule has 108 valence electrons. The topological polar surface area (TPSA) is 68.5 Å². The van der Waals surface area contributed by atoms with Crippen LogP contribution in [0.1, 0.15) is 23.0 Å². The number of carbonyl (C=O) groups excluding carboxylic acids is 2. The minimum Gasteiger partial charge on any atom is -0.465 e. The van der Waals surface area contributed by atoms with E-state index in [1.165, 1.54) is 12.3 Å². The fourth-order valence-electron chi connectivity index (χ4n) is 1.67.